The van der Waals surface area contributed by atoms with E-state index in [9.17, 15) is 16.8 Å². The van der Waals surface area contributed by atoms with E-state index in [2.05, 4.69) is 5.32 Å². The number of thiophene rings is 1. The Morgan fingerprint density at radius 3 is 2.59 bits per heavy atom. The van der Waals surface area contributed by atoms with Crippen LogP contribution in [0.3, 0.4) is 0 Å². The highest BCUT2D eigenvalue weighted by atomic mass is 32.2. The molecule has 2 unspecified atom stereocenters. The molecule has 0 bridgehead atoms. The molecule has 0 amide bonds. The van der Waals surface area contributed by atoms with E-state index >= 15 is 0 Å². The Balaban J connectivity index is 2.20. The minimum absolute atomic E-state index is 0.191. The summed E-state index contributed by atoms with van der Waals surface area (Å²) < 4.78 is 59.3. The van der Waals surface area contributed by atoms with Gasteiger partial charge >= 0.3 is 0 Å². The molecule has 2 atom stereocenters. The molecule has 0 saturated carbocycles. The van der Waals surface area contributed by atoms with Crippen LogP contribution in [0.2, 0.25) is 0 Å². The van der Waals surface area contributed by atoms with Crippen molar-refractivity contribution in [1.29, 1.82) is 0 Å². The second-order valence-corrected chi connectivity index (χ2v) is 10.5. The van der Waals surface area contributed by atoms with Gasteiger partial charge in [-0.05, 0) is 11.4 Å². The Hall–Kier alpha value is -0.520. The standard InChI is InChI=1S/C12H19NO6S3/c1-18-11(19-2)6-13-9-7-21(14,15)8-10(9)22(16,17)12-4-3-5-20-12/h3-5,9-11,13H,6-8H2,1-2H3. The molecular formula is C12H19NO6S3. The van der Waals surface area contributed by atoms with Gasteiger partial charge in [0.2, 0.25) is 0 Å². The maximum Gasteiger partial charge on any atom is 0.193 e. The molecule has 1 aliphatic rings. The fraction of sp³-hybridized carbons (Fsp3) is 0.667. The largest absolute Gasteiger partial charge is 0.355 e. The number of nitrogens with one attached hydrogen (secondary N) is 1. The molecule has 0 aliphatic carbocycles. The summed E-state index contributed by atoms with van der Waals surface area (Å²) in [6, 6.07) is 2.45. The molecule has 0 radical (unpaired) electrons. The zero-order chi connectivity index (χ0) is 16.4. The second kappa shape index (κ2) is 6.93. The summed E-state index contributed by atoms with van der Waals surface area (Å²) in [5.74, 6) is -0.571. The summed E-state index contributed by atoms with van der Waals surface area (Å²) in [6.45, 7) is 0.212. The molecule has 1 aliphatic heterocycles. The molecular weight excluding hydrogens is 350 g/mol. The molecule has 22 heavy (non-hydrogen) atoms. The first-order valence-corrected chi connectivity index (χ1v) is 10.8. The number of methoxy groups -OCH3 is 2. The molecule has 2 rings (SSSR count). The monoisotopic (exact) mass is 369 g/mol. The number of ether oxygens (including phenoxy) is 2. The average molecular weight is 369 g/mol. The lowest BCUT2D eigenvalue weighted by atomic mass is 10.2. The molecule has 10 heteroatoms. The molecule has 1 aromatic heterocycles. The predicted molar refractivity (Wildman–Crippen MR) is 83.5 cm³/mol. The first-order valence-electron chi connectivity index (χ1n) is 6.57. The van der Waals surface area contributed by atoms with Gasteiger partial charge in [0.1, 0.15) is 4.21 Å². The molecule has 1 fully saturated rings. The van der Waals surface area contributed by atoms with Crippen LogP contribution in [0.1, 0.15) is 0 Å². The van der Waals surface area contributed by atoms with E-state index in [0.29, 0.717) is 0 Å². The zero-order valence-corrected chi connectivity index (χ0v) is 14.7. The van der Waals surface area contributed by atoms with Crippen LogP contribution in [-0.4, -0.2) is 66.7 Å². The van der Waals surface area contributed by atoms with Crippen LogP contribution in [0.25, 0.3) is 0 Å². The Labute approximate surface area is 134 Å². The van der Waals surface area contributed by atoms with Crippen molar-refractivity contribution in [2.45, 2.75) is 21.8 Å². The molecule has 2 heterocycles. The Morgan fingerprint density at radius 2 is 2.05 bits per heavy atom. The lowest BCUT2D eigenvalue weighted by Crippen LogP contribution is -2.46. The van der Waals surface area contributed by atoms with Crippen molar-refractivity contribution in [2.75, 3.05) is 32.3 Å². The summed E-state index contributed by atoms with van der Waals surface area (Å²) in [7, 11) is -4.16. The minimum Gasteiger partial charge on any atom is -0.355 e. The van der Waals surface area contributed by atoms with Crippen LogP contribution in [0.4, 0.5) is 0 Å². The van der Waals surface area contributed by atoms with E-state index < -0.39 is 37.3 Å². The van der Waals surface area contributed by atoms with Gasteiger partial charge in [-0.25, -0.2) is 16.8 Å². The van der Waals surface area contributed by atoms with E-state index in [-0.39, 0.29) is 22.3 Å². The number of rotatable bonds is 7. The van der Waals surface area contributed by atoms with Crippen LogP contribution < -0.4 is 5.32 Å². The zero-order valence-electron chi connectivity index (χ0n) is 12.3. The van der Waals surface area contributed by atoms with Gasteiger partial charge in [-0.1, -0.05) is 6.07 Å². The molecule has 126 valence electrons. The van der Waals surface area contributed by atoms with Crippen LogP contribution in [0.5, 0.6) is 0 Å². The van der Waals surface area contributed by atoms with E-state index in [0.717, 1.165) is 11.3 Å². The Bertz CT molecular complexity index is 678. The van der Waals surface area contributed by atoms with Crippen LogP contribution >= 0.6 is 11.3 Å². The SMILES string of the molecule is COC(CNC1CS(=O)(=O)CC1S(=O)(=O)c1cccs1)OC. The van der Waals surface area contributed by atoms with Crippen molar-refractivity contribution in [3.05, 3.63) is 17.5 Å². The van der Waals surface area contributed by atoms with Gasteiger partial charge in [-0.3, -0.25) is 0 Å². The lowest BCUT2D eigenvalue weighted by Gasteiger charge is -2.21. The van der Waals surface area contributed by atoms with Gasteiger partial charge in [0.15, 0.2) is 26.0 Å². The van der Waals surface area contributed by atoms with Gasteiger partial charge in [-0.15, -0.1) is 11.3 Å². The van der Waals surface area contributed by atoms with E-state index in [1.54, 1.807) is 11.4 Å². The Morgan fingerprint density at radius 1 is 1.36 bits per heavy atom. The van der Waals surface area contributed by atoms with Crippen LogP contribution in [-0.2, 0) is 29.1 Å². The van der Waals surface area contributed by atoms with Crippen molar-refractivity contribution in [1.82, 2.24) is 5.32 Å². The van der Waals surface area contributed by atoms with Crippen LogP contribution in [0, 0.1) is 0 Å². The number of hydrogen-bond donors (Lipinski definition) is 1. The number of sulfone groups is 2. The van der Waals surface area contributed by atoms with Gasteiger partial charge < -0.3 is 14.8 Å². The third-order valence-corrected chi connectivity index (χ3v) is 9.13. The van der Waals surface area contributed by atoms with Gasteiger partial charge in [0.05, 0.1) is 16.8 Å². The average Bonchev–Trinajstić information content (AvgIpc) is 3.08. The first kappa shape index (κ1) is 17.8. The topological polar surface area (TPSA) is 98.8 Å². The smallest absolute Gasteiger partial charge is 0.193 e. The van der Waals surface area contributed by atoms with E-state index in [1.807, 2.05) is 0 Å². The highest BCUT2D eigenvalue weighted by Gasteiger charge is 2.46. The third-order valence-electron chi connectivity index (χ3n) is 3.55. The quantitative estimate of drug-likeness (QED) is 0.670. The summed E-state index contributed by atoms with van der Waals surface area (Å²) >= 11 is 1.09. The van der Waals surface area contributed by atoms with E-state index in [4.69, 9.17) is 9.47 Å². The van der Waals surface area contributed by atoms with Crippen LogP contribution in [0.15, 0.2) is 21.7 Å². The molecule has 1 saturated heterocycles. The molecule has 0 aromatic carbocycles. The fourth-order valence-corrected chi connectivity index (χ4v) is 8.34. The normalized spacial score (nSPS) is 24.9. The van der Waals surface area contributed by atoms with Gasteiger partial charge in [-0.2, -0.15) is 0 Å². The maximum atomic E-state index is 12.6. The second-order valence-electron chi connectivity index (χ2n) is 5.01. The van der Waals surface area contributed by atoms with Gasteiger partial charge in [0, 0.05) is 26.8 Å². The third kappa shape index (κ3) is 3.87. The van der Waals surface area contributed by atoms with Crippen molar-refractivity contribution >= 4 is 31.0 Å². The fourth-order valence-electron chi connectivity index (χ4n) is 2.40. The highest BCUT2D eigenvalue weighted by molar-refractivity contribution is 7.97. The minimum atomic E-state index is -3.68. The Kier molecular flexibility index (Phi) is 5.62. The van der Waals surface area contributed by atoms with Crippen molar-refractivity contribution in [3.63, 3.8) is 0 Å². The number of hydrogen-bond acceptors (Lipinski definition) is 8. The van der Waals surface area contributed by atoms with Crippen molar-refractivity contribution in [3.8, 4) is 0 Å². The van der Waals surface area contributed by atoms with E-state index in [1.165, 1.54) is 20.3 Å². The maximum absolute atomic E-state index is 12.6. The summed E-state index contributed by atoms with van der Waals surface area (Å²) in [6.07, 6.45) is -0.562. The molecule has 0 spiro atoms. The lowest BCUT2D eigenvalue weighted by molar-refractivity contribution is -0.0995. The summed E-state index contributed by atoms with van der Waals surface area (Å²) in [4.78, 5) is 0. The molecule has 7 nitrogen and oxygen atoms in total. The molecule has 1 N–H and O–H groups in total. The predicted octanol–water partition coefficient (Wildman–Crippen LogP) is -0.104. The first-order chi connectivity index (χ1) is 10.3. The summed E-state index contributed by atoms with van der Waals surface area (Å²) in [5.41, 5.74) is 0. The molecule has 1 aromatic rings. The highest BCUT2D eigenvalue weighted by Crippen LogP contribution is 2.28. The van der Waals surface area contributed by atoms with Crippen molar-refractivity contribution in [2.24, 2.45) is 0 Å². The van der Waals surface area contributed by atoms with Gasteiger partial charge in [0.25, 0.3) is 0 Å². The summed E-state index contributed by atoms with van der Waals surface area (Å²) in [5, 5.41) is 3.62. The van der Waals surface area contributed by atoms with Crippen molar-refractivity contribution < 1.29 is 26.3 Å².